The molecule has 92 valence electrons. The summed E-state index contributed by atoms with van der Waals surface area (Å²) in [5.74, 6) is 0.872. The third-order valence-electron chi connectivity index (χ3n) is 2.25. The highest BCUT2D eigenvalue weighted by molar-refractivity contribution is 5.02. The molecule has 4 nitrogen and oxygen atoms in total. The fourth-order valence-corrected chi connectivity index (χ4v) is 1.31. The van der Waals surface area contributed by atoms with E-state index in [1.165, 1.54) is 0 Å². The van der Waals surface area contributed by atoms with Crippen LogP contribution in [0.25, 0.3) is 0 Å². The lowest BCUT2D eigenvalue weighted by atomic mass is 10.2. The van der Waals surface area contributed by atoms with Crippen LogP contribution in [0.2, 0.25) is 0 Å². The van der Waals surface area contributed by atoms with Crippen LogP contribution in [0, 0.1) is 0 Å². The van der Waals surface area contributed by atoms with E-state index in [1.54, 1.807) is 6.26 Å². The van der Waals surface area contributed by atoms with E-state index in [-0.39, 0.29) is 12.1 Å². The molecule has 1 aromatic rings. The molecule has 0 spiro atoms. The van der Waals surface area contributed by atoms with Crippen LogP contribution in [0.15, 0.2) is 22.8 Å². The number of aliphatic hydroxyl groups is 1. The van der Waals surface area contributed by atoms with E-state index in [4.69, 9.17) is 9.15 Å². The van der Waals surface area contributed by atoms with Crippen LogP contribution in [0.3, 0.4) is 0 Å². The Kier molecular flexibility index (Phi) is 5.52. The summed E-state index contributed by atoms with van der Waals surface area (Å²) in [7, 11) is 0. The molecule has 0 bridgehead atoms. The molecule has 2 N–H and O–H groups in total. The lowest BCUT2D eigenvalue weighted by Crippen LogP contribution is -2.32. The number of hydrogen-bond acceptors (Lipinski definition) is 4. The highest BCUT2D eigenvalue weighted by atomic mass is 16.5. The Balaban J connectivity index is 2.19. The predicted molar refractivity (Wildman–Crippen MR) is 62.2 cm³/mol. The molecule has 4 heteroatoms. The van der Waals surface area contributed by atoms with Crippen LogP contribution in [0.1, 0.15) is 32.6 Å². The van der Waals surface area contributed by atoms with Gasteiger partial charge in [0.2, 0.25) is 0 Å². The quantitative estimate of drug-likeness (QED) is 0.744. The Morgan fingerprint density at radius 2 is 2.19 bits per heavy atom. The van der Waals surface area contributed by atoms with Crippen molar-refractivity contribution >= 4 is 0 Å². The molecule has 2 atom stereocenters. The van der Waals surface area contributed by atoms with Gasteiger partial charge in [0, 0.05) is 6.54 Å². The Morgan fingerprint density at radius 1 is 1.44 bits per heavy atom. The highest BCUT2D eigenvalue weighted by Gasteiger charge is 2.11. The zero-order valence-corrected chi connectivity index (χ0v) is 10.1. The lowest BCUT2D eigenvalue weighted by molar-refractivity contribution is 0.00540. The van der Waals surface area contributed by atoms with Gasteiger partial charge in [-0.15, -0.1) is 0 Å². The molecule has 0 aromatic carbocycles. The molecule has 1 rings (SSSR count). The fourth-order valence-electron chi connectivity index (χ4n) is 1.31. The molecule has 0 aliphatic heterocycles. The average molecular weight is 227 g/mol. The summed E-state index contributed by atoms with van der Waals surface area (Å²) in [5, 5.41) is 12.8. The van der Waals surface area contributed by atoms with Gasteiger partial charge in [0.25, 0.3) is 0 Å². The van der Waals surface area contributed by atoms with Crippen molar-refractivity contribution in [1.82, 2.24) is 5.32 Å². The molecule has 0 aliphatic carbocycles. The average Bonchev–Trinajstić information content (AvgIpc) is 2.76. The van der Waals surface area contributed by atoms with Gasteiger partial charge in [0.1, 0.15) is 5.76 Å². The van der Waals surface area contributed by atoms with Crippen molar-refractivity contribution in [3.8, 4) is 0 Å². The second kappa shape index (κ2) is 6.68. The fraction of sp³-hybridized carbons (Fsp3) is 0.667. The minimum atomic E-state index is -0.486. The van der Waals surface area contributed by atoms with Gasteiger partial charge >= 0.3 is 0 Å². The zero-order chi connectivity index (χ0) is 12.0. The number of ether oxygens (including phenoxy) is 1. The molecule has 0 saturated carbocycles. The first-order valence-corrected chi connectivity index (χ1v) is 5.66. The van der Waals surface area contributed by atoms with Gasteiger partial charge < -0.3 is 19.6 Å². The topological polar surface area (TPSA) is 54.6 Å². The molecular weight excluding hydrogens is 206 g/mol. The smallest absolute Gasteiger partial charge is 0.120 e. The first-order valence-electron chi connectivity index (χ1n) is 5.66. The van der Waals surface area contributed by atoms with Crippen molar-refractivity contribution in [3.63, 3.8) is 0 Å². The lowest BCUT2D eigenvalue weighted by Gasteiger charge is -2.16. The molecule has 0 amide bonds. The summed E-state index contributed by atoms with van der Waals surface area (Å²) in [6, 6.07) is 3.87. The van der Waals surface area contributed by atoms with E-state index in [1.807, 2.05) is 32.9 Å². The summed E-state index contributed by atoms with van der Waals surface area (Å²) >= 11 is 0. The molecular formula is C12H21NO3. The van der Waals surface area contributed by atoms with E-state index in [0.717, 1.165) is 5.76 Å². The van der Waals surface area contributed by atoms with E-state index >= 15 is 0 Å². The number of hydrogen-bond donors (Lipinski definition) is 2. The first kappa shape index (κ1) is 13.2. The summed E-state index contributed by atoms with van der Waals surface area (Å²) in [6.07, 6.45) is 1.31. The van der Waals surface area contributed by atoms with Gasteiger partial charge in [-0.05, 0) is 32.9 Å². The van der Waals surface area contributed by atoms with E-state index in [0.29, 0.717) is 13.2 Å². The van der Waals surface area contributed by atoms with Crippen molar-refractivity contribution in [2.24, 2.45) is 0 Å². The number of nitrogens with one attached hydrogen (secondary N) is 1. The maximum Gasteiger partial charge on any atom is 0.120 e. The molecule has 0 aliphatic rings. The maximum absolute atomic E-state index is 9.63. The monoisotopic (exact) mass is 227 g/mol. The van der Waals surface area contributed by atoms with Crippen LogP contribution < -0.4 is 5.32 Å². The van der Waals surface area contributed by atoms with Gasteiger partial charge in [0.15, 0.2) is 0 Å². The molecule has 0 radical (unpaired) electrons. The minimum absolute atomic E-state index is 0.101. The number of rotatable bonds is 7. The predicted octanol–water partition coefficient (Wildman–Crippen LogP) is 1.72. The first-order chi connectivity index (χ1) is 7.59. The highest BCUT2D eigenvalue weighted by Crippen LogP contribution is 2.11. The van der Waals surface area contributed by atoms with Gasteiger partial charge in [-0.25, -0.2) is 0 Å². The van der Waals surface area contributed by atoms with E-state index in [2.05, 4.69) is 5.32 Å². The van der Waals surface area contributed by atoms with Gasteiger partial charge in [-0.3, -0.25) is 0 Å². The Labute approximate surface area is 96.6 Å². The summed E-state index contributed by atoms with van der Waals surface area (Å²) in [6.45, 7) is 6.75. The largest absolute Gasteiger partial charge is 0.468 e. The molecule has 1 aromatic heterocycles. The SMILES string of the molecule is CC(C)OCC(O)CN[C@@H](C)c1ccco1. The second-order valence-electron chi connectivity index (χ2n) is 4.18. The van der Waals surface area contributed by atoms with Gasteiger partial charge in [-0.1, -0.05) is 0 Å². The van der Waals surface area contributed by atoms with E-state index < -0.39 is 6.10 Å². The molecule has 16 heavy (non-hydrogen) atoms. The summed E-state index contributed by atoms with van der Waals surface area (Å²) in [5.41, 5.74) is 0. The Morgan fingerprint density at radius 3 is 2.75 bits per heavy atom. The Hall–Kier alpha value is -0.840. The van der Waals surface area contributed by atoms with Crippen LogP contribution in [0.5, 0.6) is 0 Å². The van der Waals surface area contributed by atoms with Crippen LogP contribution in [-0.2, 0) is 4.74 Å². The van der Waals surface area contributed by atoms with Gasteiger partial charge in [-0.2, -0.15) is 0 Å². The molecule has 1 heterocycles. The van der Waals surface area contributed by atoms with Crippen molar-refractivity contribution in [2.75, 3.05) is 13.2 Å². The number of furan rings is 1. The summed E-state index contributed by atoms with van der Waals surface area (Å²) in [4.78, 5) is 0. The van der Waals surface area contributed by atoms with Gasteiger partial charge in [0.05, 0.1) is 31.1 Å². The van der Waals surface area contributed by atoms with Crippen molar-refractivity contribution in [1.29, 1.82) is 0 Å². The minimum Gasteiger partial charge on any atom is -0.468 e. The zero-order valence-electron chi connectivity index (χ0n) is 10.1. The normalized spacial score (nSPS) is 15.3. The maximum atomic E-state index is 9.63. The molecule has 0 saturated heterocycles. The molecule has 1 unspecified atom stereocenters. The Bertz CT molecular complexity index is 272. The number of aliphatic hydroxyl groups excluding tert-OH is 1. The van der Waals surface area contributed by atoms with Crippen molar-refractivity contribution in [2.45, 2.75) is 39.0 Å². The van der Waals surface area contributed by atoms with Crippen LogP contribution >= 0.6 is 0 Å². The standard InChI is InChI=1S/C12H21NO3/c1-9(2)16-8-11(14)7-13-10(3)12-5-4-6-15-12/h4-6,9-11,13-14H,7-8H2,1-3H3/t10-,11?/m0/s1. The summed E-state index contributed by atoms with van der Waals surface area (Å²) < 4.78 is 10.6. The molecule has 0 fully saturated rings. The van der Waals surface area contributed by atoms with Crippen molar-refractivity contribution < 1.29 is 14.3 Å². The second-order valence-corrected chi connectivity index (χ2v) is 4.18. The van der Waals surface area contributed by atoms with Crippen LogP contribution in [-0.4, -0.2) is 30.5 Å². The van der Waals surface area contributed by atoms with Crippen LogP contribution in [0.4, 0.5) is 0 Å². The van der Waals surface area contributed by atoms with E-state index in [9.17, 15) is 5.11 Å². The third kappa shape index (κ3) is 4.79. The van der Waals surface area contributed by atoms with Crippen molar-refractivity contribution in [3.05, 3.63) is 24.2 Å². The third-order valence-corrected chi connectivity index (χ3v) is 2.25.